The summed E-state index contributed by atoms with van der Waals surface area (Å²) >= 11 is 0. The Morgan fingerprint density at radius 2 is 1.05 bits per heavy atom. The molecular weight excluding hydrogens is 771 g/mol. The van der Waals surface area contributed by atoms with Gasteiger partial charge in [-0.1, -0.05) is 142 Å². The molecule has 336 valence electrons. The highest BCUT2D eigenvalue weighted by molar-refractivity contribution is 7.47. The van der Waals surface area contributed by atoms with Crippen molar-refractivity contribution in [2.24, 2.45) is 0 Å². The second kappa shape index (κ2) is 34.9. The number of phosphoric ester groups is 1. The number of rotatable bonds is 39. The van der Waals surface area contributed by atoms with Crippen LogP contribution in [0.3, 0.4) is 0 Å². The predicted molar refractivity (Wildman–Crippen MR) is 219 cm³/mol. The molecule has 1 aliphatic rings. The summed E-state index contributed by atoms with van der Waals surface area (Å²) in [4.78, 5) is 87.3. The zero-order valence-corrected chi connectivity index (χ0v) is 36.5. The van der Waals surface area contributed by atoms with Crippen LogP contribution in [0.25, 0.3) is 0 Å². The summed E-state index contributed by atoms with van der Waals surface area (Å²) in [6.07, 6.45) is 24.1. The minimum absolute atomic E-state index is 0.0229. The lowest BCUT2D eigenvalue weighted by Gasteiger charge is -2.20. The number of hydroxylamine groups is 2. The quantitative estimate of drug-likeness (QED) is 0.0257. The van der Waals surface area contributed by atoms with Gasteiger partial charge in [-0.2, -0.15) is 0 Å². The third kappa shape index (κ3) is 30.2. The average Bonchev–Trinajstić information content (AvgIpc) is 3.50. The summed E-state index contributed by atoms with van der Waals surface area (Å²) in [5, 5.41) is 2.92. The normalized spacial score (nSPS) is 14.3. The molecule has 1 heterocycles. The second-order valence-electron chi connectivity index (χ2n) is 15.2. The summed E-state index contributed by atoms with van der Waals surface area (Å²) < 4.78 is 33.5. The number of hydrogen-bond acceptors (Lipinski definition) is 12. The van der Waals surface area contributed by atoms with Gasteiger partial charge >= 0.3 is 25.7 Å². The Bertz CT molecular complexity index is 1200. The van der Waals surface area contributed by atoms with E-state index in [1.54, 1.807) is 0 Å². The van der Waals surface area contributed by atoms with E-state index in [1.165, 1.54) is 89.9 Å². The fourth-order valence-electron chi connectivity index (χ4n) is 6.34. The van der Waals surface area contributed by atoms with Crippen molar-refractivity contribution in [3.05, 3.63) is 0 Å². The molecule has 0 spiro atoms. The number of carbonyl (C=O) groups is 6. The third-order valence-corrected chi connectivity index (χ3v) is 10.8. The largest absolute Gasteiger partial charge is 0.472 e. The molecule has 2 atom stereocenters. The Hall–Kier alpha value is -2.87. The van der Waals surface area contributed by atoms with Gasteiger partial charge in [-0.25, -0.2) is 9.36 Å². The van der Waals surface area contributed by atoms with Crippen LogP contribution in [0.2, 0.25) is 0 Å². The minimum atomic E-state index is -4.65. The molecule has 0 aliphatic carbocycles. The number of esters is 2. The van der Waals surface area contributed by atoms with Crippen molar-refractivity contribution in [1.82, 2.24) is 10.4 Å². The number of nitrogens with zero attached hydrogens (tertiary/aromatic N) is 1. The molecule has 58 heavy (non-hydrogen) atoms. The van der Waals surface area contributed by atoms with Crippen molar-refractivity contribution in [2.75, 3.05) is 26.4 Å². The van der Waals surface area contributed by atoms with E-state index < -0.39 is 62.8 Å². The van der Waals surface area contributed by atoms with Crippen molar-refractivity contribution in [2.45, 2.75) is 206 Å². The maximum Gasteiger partial charge on any atom is 0.472 e. The zero-order chi connectivity index (χ0) is 42.7. The van der Waals surface area contributed by atoms with Gasteiger partial charge in [-0.05, 0) is 19.3 Å². The minimum Gasteiger partial charge on any atom is -0.462 e. The first-order valence-corrected chi connectivity index (χ1v) is 23.8. The van der Waals surface area contributed by atoms with E-state index in [-0.39, 0.29) is 58.1 Å². The molecule has 0 aromatic carbocycles. The van der Waals surface area contributed by atoms with Crippen LogP contribution in [0.4, 0.5) is 0 Å². The summed E-state index contributed by atoms with van der Waals surface area (Å²) in [7, 11) is -4.65. The molecule has 2 N–H and O–H groups in total. The summed E-state index contributed by atoms with van der Waals surface area (Å²) in [6, 6.07) is 0. The molecule has 0 aromatic heterocycles. The van der Waals surface area contributed by atoms with Gasteiger partial charge in [-0.3, -0.25) is 33.0 Å². The van der Waals surface area contributed by atoms with Gasteiger partial charge in [0.1, 0.15) is 6.61 Å². The fourth-order valence-corrected chi connectivity index (χ4v) is 7.09. The summed E-state index contributed by atoms with van der Waals surface area (Å²) in [6.45, 7) is 2.99. The number of ether oxygens (including phenoxy) is 2. The van der Waals surface area contributed by atoms with Crippen LogP contribution in [0.15, 0.2) is 0 Å². The highest BCUT2D eigenvalue weighted by Gasteiger charge is 2.32. The topological polar surface area (TPSA) is 201 Å². The van der Waals surface area contributed by atoms with Crippen LogP contribution in [-0.4, -0.2) is 78.1 Å². The Kier molecular flexibility index (Phi) is 32.0. The molecule has 0 saturated carbocycles. The van der Waals surface area contributed by atoms with Gasteiger partial charge in [0.15, 0.2) is 6.10 Å². The van der Waals surface area contributed by atoms with E-state index >= 15 is 0 Å². The number of carbonyl (C=O) groups excluding carboxylic acids is 6. The van der Waals surface area contributed by atoms with Crippen LogP contribution in [0, 0.1) is 0 Å². The standard InChI is InChI=1S/C42H75N2O13P/c1-3-5-7-9-11-13-15-17-19-21-23-27-40(48)53-34-36(56-41(49)28-24-22-20-18-16-14-12-10-8-6-4-2)35-55-58(51,52)54-33-32-43-37(45)26-25-29-42(50)57-44-38(46)30-31-39(44)47/h36H,3-35H2,1-2H3,(H,43,45)(H,51,52)/t36-/m1/s1. The van der Waals surface area contributed by atoms with Crippen molar-refractivity contribution >= 4 is 43.5 Å². The van der Waals surface area contributed by atoms with E-state index in [2.05, 4.69) is 19.2 Å². The van der Waals surface area contributed by atoms with Gasteiger partial charge in [0.25, 0.3) is 11.8 Å². The van der Waals surface area contributed by atoms with E-state index in [4.69, 9.17) is 23.4 Å². The second-order valence-corrected chi connectivity index (χ2v) is 16.7. The molecule has 0 aromatic rings. The Balaban J connectivity index is 2.41. The number of amides is 3. The van der Waals surface area contributed by atoms with E-state index in [9.17, 15) is 38.2 Å². The highest BCUT2D eigenvalue weighted by atomic mass is 31.2. The Morgan fingerprint density at radius 1 is 0.603 bits per heavy atom. The predicted octanol–water partition coefficient (Wildman–Crippen LogP) is 8.87. The molecule has 16 heteroatoms. The monoisotopic (exact) mass is 847 g/mol. The first-order valence-electron chi connectivity index (χ1n) is 22.3. The molecule has 0 bridgehead atoms. The molecule has 0 radical (unpaired) electrons. The summed E-state index contributed by atoms with van der Waals surface area (Å²) in [5.74, 6) is -3.46. The number of hydrogen-bond donors (Lipinski definition) is 2. The first-order chi connectivity index (χ1) is 28.0. The van der Waals surface area contributed by atoms with Gasteiger partial charge in [-0.15, -0.1) is 5.06 Å². The lowest BCUT2D eigenvalue weighted by Crippen LogP contribution is -2.32. The van der Waals surface area contributed by atoms with Crippen LogP contribution in [0.5, 0.6) is 0 Å². The SMILES string of the molecule is CCCCCCCCCCCCCC(=O)OC[C@H](COP(=O)(O)OCCNC(=O)CCCC(=O)ON1C(=O)CCC1=O)OC(=O)CCCCCCCCCCCCC. The molecule has 1 fully saturated rings. The lowest BCUT2D eigenvalue weighted by molar-refractivity contribution is -0.197. The number of unbranched alkanes of at least 4 members (excludes halogenated alkanes) is 20. The lowest BCUT2D eigenvalue weighted by atomic mass is 10.1. The summed E-state index contributed by atoms with van der Waals surface area (Å²) in [5.41, 5.74) is 0. The number of phosphoric acid groups is 1. The van der Waals surface area contributed by atoms with Gasteiger partial charge in [0.05, 0.1) is 13.2 Å². The molecule has 1 aliphatic heterocycles. The van der Waals surface area contributed by atoms with E-state index in [1.807, 2.05) is 0 Å². The van der Waals surface area contributed by atoms with E-state index in [0.29, 0.717) is 17.9 Å². The van der Waals surface area contributed by atoms with Gasteiger partial charge in [0, 0.05) is 45.1 Å². The molecular formula is C42H75N2O13P. The van der Waals surface area contributed by atoms with Gasteiger partial charge < -0.3 is 24.5 Å². The molecule has 15 nitrogen and oxygen atoms in total. The fraction of sp³-hybridized carbons (Fsp3) is 0.857. The van der Waals surface area contributed by atoms with Crippen LogP contribution < -0.4 is 5.32 Å². The zero-order valence-electron chi connectivity index (χ0n) is 35.7. The molecule has 3 amide bonds. The Labute approximate surface area is 347 Å². The smallest absolute Gasteiger partial charge is 0.462 e. The maximum absolute atomic E-state index is 12.7. The van der Waals surface area contributed by atoms with Crippen molar-refractivity contribution in [3.63, 3.8) is 0 Å². The number of nitrogens with one attached hydrogen (secondary N) is 1. The van der Waals surface area contributed by atoms with Crippen molar-refractivity contribution in [3.8, 4) is 0 Å². The molecule has 1 rings (SSSR count). The van der Waals surface area contributed by atoms with E-state index in [0.717, 1.165) is 38.5 Å². The van der Waals surface area contributed by atoms with Crippen LogP contribution in [0.1, 0.15) is 200 Å². The molecule has 1 saturated heterocycles. The Morgan fingerprint density at radius 3 is 1.55 bits per heavy atom. The number of imide groups is 1. The van der Waals surface area contributed by atoms with Crippen molar-refractivity contribution < 1.29 is 61.6 Å². The highest BCUT2D eigenvalue weighted by Crippen LogP contribution is 2.43. The first kappa shape index (κ1) is 53.1. The third-order valence-electron chi connectivity index (χ3n) is 9.78. The van der Waals surface area contributed by atoms with Crippen LogP contribution in [-0.2, 0) is 56.7 Å². The van der Waals surface area contributed by atoms with Crippen molar-refractivity contribution in [1.29, 1.82) is 0 Å². The maximum atomic E-state index is 12.7. The van der Waals surface area contributed by atoms with Crippen LogP contribution >= 0.6 is 7.82 Å². The average molecular weight is 847 g/mol. The van der Waals surface area contributed by atoms with Gasteiger partial charge in [0.2, 0.25) is 5.91 Å². The molecule has 1 unspecified atom stereocenters.